The van der Waals surface area contributed by atoms with Gasteiger partial charge in [-0.05, 0) is 36.3 Å². The van der Waals surface area contributed by atoms with Crippen LogP contribution in [-0.2, 0) is 0 Å². The molecule has 1 aliphatic rings. The molecule has 0 saturated carbocycles. The zero-order valence-electron chi connectivity index (χ0n) is 15.7. The first kappa shape index (κ1) is 19.6. The smallest absolute Gasteiger partial charge is 0.255 e. The summed E-state index contributed by atoms with van der Waals surface area (Å²) in [5, 5.41) is 0. The summed E-state index contributed by atoms with van der Waals surface area (Å²) in [5.74, 6) is 0.552. The molecule has 1 aromatic carbocycles. The Morgan fingerprint density at radius 2 is 1.78 bits per heavy atom. The van der Waals surface area contributed by atoms with Crippen molar-refractivity contribution in [3.8, 4) is 5.88 Å². The molecule has 1 aromatic heterocycles. The van der Waals surface area contributed by atoms with E-state index in [2.05, 4.69) is 63.1 Å². The lowest BCUT2D eigenvalue weighted by Gasteiger charge is -2.34. The number of ether oxygens (including phenoxy) is 1. The lowest BCUT2D eigenvalue weighted by Crippen LogP contribution is -2.48. The highest BCUT2D eigenvalue weighted by Crippen LogP contribution is 2.18. The normalized spacial score (nSPS) is 15.7. The second kappa shape index (κ2) is 9.15. The van der Waals surface area contributed by atoms with Crippen molar-refractivity contribution in [1.82, 2.24) is 14.8 Å². The summed E-state index contributed by atoms with van der Waals surface area (Å²) in [7, 11) is 1.57. The number of benzene rings is 1. The number of rotatable bonds is 5. The van der Waals surface area contributed by atoms with Crippen LogP contribution in [0.2, 0.25) is 0 Å². The molecule has 0 atom stereocenters. The van der Waals surface area contributed by atoms with Crippen molar-refractivity contribution in [3.05, 3.63) is 64.3 Å². The first-order valence-electron chi connectivity index (χ1n) is 9.01. The maximum atomic E-state index is 12.6. The van der Waals surface area contributed by atoms with Gasteiger partial charge in [-0.2, -0.15) is 0 Å². The first-order valence-corrected chi connectivity index (χ1v) is 9.80. The number of carbonyl (C=O) groups excluding carboxylic acids is 1. The van der Waals surface area contributed by atoms with Gasteiger partial charge in [-0.3, -0.25) is 9.69 Å². The van der Waals surface area contributed by atoms with Crippen molar-refractivity contribution in [3.63, 3.8) is 0 Å². The minimum absolute atomic E-state index is 0.0337. The van der Waals surface area contributed by atoms with Crippen LogP contribution in [-0.4, -0.2) is 60.5 Å². The van der Waals surface area contributed by atoms with Gasteiger partial charge in [0.25, 0.3) is 5.91 Å². The highest BCUT2D eigenvalue weighted by Gasteiger charge is 2.21. The van der Waals surface area contributed by atoms with E-state index in [1.807, 2.05) is 4.90 Å². The van der Waals surface area contributed by atoms with Crippen molar-refractivity contribution in [2.45, 2.75) is 6.92 Å². The molecule has 0 aliphatic carbocycles. The fraction of sp³-hybridized carbons (Fsp3) is 0.333. The van der Waals surface area contributed by atoms with E-state index in [-0.39, 0.29) is 5.91 Å². The van der Waals surface area contributed by atoms with Crippen molar-refractivity contribution >= 4 is 27.4 Å². The molecular formula is C21H24BrN3O2. The van der Waals surface area contributed by atoms with Gasteiger partial charge in [0, 0.05) is 49.5 Å². The van der Waals surface area contributed by atoms with E-state index in [1.165, 1.54) is 11.1 Å². The Bertz CT molecular complexity index is 795. The zero-order valence-corrected chi connectivity index (χ0v) is 17.3. The van der Waals surface area contributed by atoms with E-state index < -0.39 is 0 Å². The van der Waals surface area contributed by atoms with Gasteiger partial charge in [0.1, 0.15) is 0 Å². The van der Waals surface area contributed by atoms with E-state index in [0.29, 0.717) is 11.4 Å². The third-order valence-electron chi connectivity index (χ3n) is 4.81. The second-order valence-electron chi connectivity index (χ2n) is 6.58. The maximum absolute atomic E-state index is 12.6. The van der Waals surface area contributed by atoms with Crippen LogP contribution in [0.15, 0.2) is 53.1 Å². The summed E-state index contributed by atoms with van der Waals surface area (Å²) >= 11 is 3.47. The van der Waals surface area contributed by atoms with Crippen LogP contribution >= 0.6 is 15.9 Å². The quantitative estimate of drug-likeness (QED) is 0.726. The van der Waals surface area contributed by atoms with Crippen molar-refractivity contribution in [1.29, 1.82) is 0 Å². The number of amides is 1. The average molecular weight is 430 g/mol. The van der Waals surface area contributed by atoms with Gasteiger partial charge in [0.05, 0.1) is 12.7 Å². The molecule has 142 valence electrons. The number of aromatic nitrogens is 1. The summed E-state index contributed by atoms with van der Waals surface area (Å²) in [4.78, 5) is 21.0. The molecule has 6 heteroatoms. The lowest BCUT2D eigenvalue weighted by atomic mass is 10.1. The number of hydrogen-bond donors (Lipinski definition) is 0. The molecule has 0 bridgehead atoms. The van der Waals surface area contributed by atoms with Crippen LogP contribution in [0.4, 0.5) is 0 Å². The molecule has 2 heterocycles. The standard InChI is InChI=1S/C21H24BrN3O2/c1-16(17-3-6-19(22)7-4-17)9-10-24-11-13-25(14-12-24)21(26)18-5-8-20(27-2)23-15-18/h3-9,15H,10-14H2,1-2H3/b16-9+. The number of halogens is 1. The van der Waals surface area contributed by atoms with Crippen LogP contribution in [0.3, 0.4) is 0 Å². The minimum Gasteiger partial charge on any atom is -0.481 e. The van der Waals surface area contributed by atoms with Crippen molar-refractivity contribution < 1.29 is 9.53 Å². The Morgan fingerprint density at radius 3 is 2.37 bits per heavy atom. The minimum atomic E-state index is 0.0337. The predicted molar refractivity (Wildman–Crippen MR) is 111 cm³/mol. The Balaban J connectivity index is 1.51. The number of allylic oxidation sites excluding steroid dienone is 1. The van der Waals surface area contributed by atoms with Gasteiger partial charge >= 0.3 is 0 Å². The Hall–Kier alpha value is -2.18. The van der Waals surface area contributed by atoms with E-state index in [0.717, 1.165) is 37.2 Å². The van der Waals surface area contributed by atoms with Gasteiger partial charge in [0.15, 0.2) is 0 Å². The Kier molecular flexibility index (Phi) is 6.63. The summed E-state index contributed by atoms with van der Waals surface area (Å²) in [6.45, 7) is 6.25. The zero-order chi connectivity index (χ0) is 19.2. The molecule has 0 spiro atoms. The average Bonchev–Trinajstić information content (AvgIpc) is 2.72. The first-order chi connectivity index (χ1) is 13.1. The van der Waals surface area contributed by atoms with E-state index >= 15 is 0 Å². The summed E-state index contributed by atoms with van der Waals surface area (Å²) in [6.07, 6.45) is 3.84. The highest BCUT2D eigenvalue weighted by atomic mass is 79.9. The SMILES string of the molecule is COc1ccc(C(=O)N2CCN(C/C=C(\C)c3ccc(Br)cc3)CC2)cn1. The number of methoxy groups -OCH3 is 1. The molecular weight excluding hydrogens is 406 g/mol. The lowest BCUT2D eigenvalue weighted by molar-refractivity contribution is 0.0649. The van der Waals surface area contributed by atoms with Crippen LogP contribution in [0.1, 0.15) is 22.8 Å². The van der Waals surface area contributed by atoms with Crippen LogP contribution in [0.5, 0.6) is 5.88 Å². The summed E-state index contributed by atoms with van der Waals surface area (Å²) < 4.78 is 6.13. The summed E-state index contributed by atoms with van der Waals surface area (Å²) in [5.41, 5.74) is 3.11. The van der Waals surface area contributed by atoms with Gasteiger partial charge in [-0.15, -0.1) is 0 Å². The monoisotopic (exact) mass is 429 g/mol. The molecule has 5 nitrogen and oxygen atoms in total. The topological polar surface area (TPSA) is 45.7 Å². The number of pyridine rings is 1. The summed E-state index contributed by atoms with van der Waals surface area (Å²) in [6, 6.07) is 11.9. The molecule has 0 unspecified atom stereocenters. The highest BCUT2D eigenvalue weighted by molar-refractivity contribution is 9.10. The molecule has 27 heavy (non-hydrogen) atoms. The number of nitrogens with zero attached hydrogens (tertiary/aromatic N) is 3. The molecule has 0 N–H and O–H groups in total. The van der Waals surface area contributed by atoms with Gasteiger partial charge in [-0.25, -0.2) is 4.98 Å². The van der Waals surface area contributed by atoms with Crippen LogP contribution < -0.4 is 4.74 Å². The van der Waals surface area contributed by atoms with Crippen molar-refractivity contribution in [2.24, 2.45) is 0 Å². The van der Waals surface area contributed by atoms with Crippen LogP contribution in [0.25, 0.3) is 5.57 Å². The molecule has 0 radical (unpaired) electrons. The van der Waals surface area contributed by atoms with Gasteiger partial charge in [0.2, 0.25) is 5.88 Å². The molecule has 1 fully saturated rings. The van der Waals surface area contributed by atoms with E-state index in [4.69, 9.17) is 4.74 Å². The second-order valence-corrected chi connectivity index (χ2v) is 7.49. The van der Waals surface area contributed by atoms with Crippen LogP contribution in [0, 0.1) is 0 Å². The van der Waals surface area contributed by atoms with Gasteiger partial charge < -0.3 is 9.64 Å². The molecule has 3 rings (SSSR count). The molecule has 1 saturated heterocycles. The van der Waals surface area contributed by atoms with Gasteiger partial charge in [-0.1, -0.05) is 34.1 Å². The third kappa shape index (κ3) is 5.17. The fourth-order valence-corrected chi connectivity index (χ4v) is 3.30. The number of hydrogen-bond acceptors (Lipinski definition) is 4. The molecule has 1 amide bonds. The largest absolute Gasteiger partial charge is 0.481 e. The number of carbonyl (C=O) groups is 1. The van der Waals surface area contributed by atoms with E-state index in [1.54, 1.807) is 25.4 Å². The Labute approximate surface area is 168 Å². The fourth-order valence-electron chi connectivity index (χ4n) is 3.04. The Morgan fingerprint density at radius 1 is 1.11 bits per heavy atom. The predicted octanol–water partition coefficient (Wildman–Crippen LogP) is 3.71. The molecule has 1 aliphatic heterocycles. The van der Waals surface area contributed by atoms with Crippen molar-refractivity contribution in [2.75, 3.05) is 39.8 Å². The number of piperazine rings is 1. The third-order valence-corrected chi connectivity index (χ3v) is 5.34. The molecule has 2 aromatic rings. The van der Waals surface area contributed by atoms with E-state index in [9.17, 15) is 4.79 Å². The maximum Gasteiger partial charge on any atom is 0.255 e.